The molecule has 2 aliphatic heterocycles. The maximum Gasteiger partial charge on any atom is 0.165 e. The topological polar surface area (TPSA) is 61.7 Å². The first-order chi connectivity index (χ1) is 14.2. The second-order valence-corrected chi connectivity index (χ2v) is 7.59. The van der Waals surface area contributed by atoms with Gasteiger partial charge in [0.25, 0.3) is 0 Å². The van der Waals surface area contributed by atoms with Crippen LogP contribution in [-0.4, -0.2) is 65.4 Å². The number of piperazine rings is 1. The number of hydrogen-bond acceptors (Lipinski definition) is 6. The zero-order valence-corrected chi connectivity index (χ0v) is 16.1. The van der Waals surface area contributed by atoms with E-state index in [1.54, 1.807) is 24.3 Å². The number of halogens is 1. The van der Waals surface area contributed by atoms with Gasteiger partial charge < -0.3 is 14.7 Å². The van der Waals surface area contributed by atoms with E-state index in [2.05, 4.69) is 14.8 Å². The molecule has 1 N–H and O–H groups in total. The Morgan fingerprint density at radius 3 is 2.62 bits per heavy atom. The van der Waals surface area contributed by atoms with Crippen molar-refractivity contribution in [1.82, 2.24) is 14.9 Å². The standard InChI is InChI=1S/C22H23FN4O2/c23-15-5-6-19-18(13-15)22(25-21(24-19)17-3-1-2-4-20(17)28)27-10-8-26(9-11-27)16-7-12-29-14-16/h1-6,13,16,28H,7-12,14H2/t16-/m0/s1. The molecule has 7 heteroatoms. The summed E-state index contributed by atoms with van der Waals surface area (Å²) in [6, 6.07) is 12.1. The van der Waals surface area contributed by atoms with Crippen LogP contribution < -0.4 is 4.90 Å². The van der Waals surface area contributed by atoms with Crippen molar-refractivity contribution in [2.75, 3.05) is 44.3 Å². The minimum Gasteiger partial charge on any atom is -0.507 e. The molecule has 0 unspecified atom stereocenters. The van der Waals surface area contributed by atoms with Gasteiger partial charge >= 0.3 is 0 Å². The SMILES string of the molecule is Oc1ccccc1-c1nc(N2CCN([C@H]3CCOC3)CC2)c2cc(F)ccc2n1. The fraction of sp³-hybridized carbons (Fsp3) is 0.364. The second kappa shape index (κ2) is 7.57. The van der Waals surface area contributed by atoms with Crippen molar-refractivity contribution in [2.45, 2.75) is 12.5 Å². The number of aromatic nitrogens is 2. The van der Waals surface area contributed by atoms with Crippen molar-refractivity contribution in [3.63, 3.8) is 0 Å². The first kappa shape index (κ1) is 18.3. The van der Waals surface area contributed by atoms with E-state index in [1.807, 2.05) is 6.07 Å². The summed E-state index contributed by atoms with van der Waals surface area (Å²) >= 11 is 0. The van der Waals surface area contributed by atoms with E-state index in [-0.39, 0.29) is 11.6 Å². The Bertz CT molecular complexity index is 1030. The minimum absolute atomic E-state index is 0.131. The monoisotopic (exact) mass is 394 g/mol. The van der Waals surface area contributed by atoms with E-state index in [1.165, 1.54) is 12.1 Å². The summed E-state index contributed by atoms with van der Waals surface area (Å²) < 4.78 is 19.5. The van der Waals surface area contributed by atoms with Gasteiger partial charge in [-0.2, -0.15) is 0 Å². The fourth-order valence-corrected chi connectivity index (χ4v) is 4.22. The van der Waals surface area contributed by atoms with E-state index in [0.29, 0.717) is 28.3 Å². The van der Waals surface area contributed by atoms with Gasteiger partial charge in [-0.25, -0.2) is 14.4 Å². The van der Waals surface area contributed by atoms with Crippen molar-refractivity contribution >= 4 is 16.7 Å². The van der Waals surface area contributed by atoms with Gasteiger partial charge in [-0.05, 0) is 36.8 Å². The molecule has 0 saturated carbocycles. The zero-order valence-electron chi connectivity index (χ0n) is 16.1. The molecule has 6 nitrogen and oxygen atoms in total. The number of para-hydroxylation sites is 1. The molecule has 0 radical (unpaired) electrons. The number of phenols is 1. The number of anilines is 1. The molecular weight excluding hydrogens is 371 g/mol. The predicted molar refractivity (Wildman–Crippen MR) is 110 cm³/mol. The molecule has 29 heavy (non-hydrogen) atoms. The number of aromatic hydroxyl groups is 1. The zero-order chi connectivity index (χ0) is 19.8. The lowest BCUT2D eigenvalue weighted by Gasteiger charge is -2.38. The Kier molecular flexibility index (Phi) is 4.77. The van der Waals surface area contributed by atoms with Crippen LogP contribution in [0.2, 0.25) is 0 Å². The van der Waals surface area contributed by atoms with Gasteiger partial charge in [0, 0.05) is 44.2 Å². The Balaban J connectivity index is 1.52. The van der Waals surface area contributed by atoms with E-state index in [0.717, 1.165) is 51.6 Å². The Hall–Kier alpha value is -2.77. The third-order valence-corrected chi connectivity index (χ3v) is 5.82. The molecule has 150 valence electrons. The minimum atomic E-state index is -0.306. The number of fused-ring (bicyclic) bond motifs is 1. The van der Waals surface area contributed by atoms with Crippen molar-refractivity contribution in [3.05, 3.63) is 48.3 Å². The molecule has 0 amide bonds. The van der Waals surface area contributed by atoms with Crippen LogP contribution in [0.5, 0.6) is 5.75 Å². The molecule has 3 heterocycles. The third-order valence-electron chi connectivity index (χ3n) is 5.82. The first-order valence-corrected chi connectivity index (χ1v) is 10.0. The molecule has 2 aromatic carbocycles. The van der Waals surface area contributed by atoms with Crippen LogP contribution in [-0.2, 0) is 4.74 Å². The molecule has 0 aliphatic carbocycles. The highest BCUT2D eigenvalue weighted by atomic mass is 19.1. The van der Waals surface area contributed by atoms with Crippen molar-refractivity contribution < 1.29 is 14.2 Å². The Morgan fingerprint density at radius 1 is 1.03 bits per heavy atom. The summed E-state index contributed by atoms with van der Waals surface area (Å²) in [5.74, 6) is 0.990. The molecule has 1 atom stereocenters. The molecule has 0 spiro atoms. The predicted octanol–water partition coefficient (Wildman–Crippen LogP) is 3.05. The molecule has 2 saturated heterocycles. The molecule has 3 aromatic rings. The van der Waals surface area contributed by atoms with Gasteiger partial charge in [0.15, 0.2) is 5.82 Å². The second-order valence-electron chi connectivity index (χ2n) is 7.59. The molecule has 0 bridgehead atoms. The largest absolute Gasteiger partial charge is 0.507 e. The van der Waals surface area contributed by atoms with E-state index in [9.17, 15) is 9.50 Å². The van der Waals surface area contributed by atoms with Crippen LogP contribution in [0.3, 0.4) is 0 Å². The maximum atomic E-state index is 14.0. The molecule has 2 fully saturated rings. The quantitative estimate of drug-likeness (QED) is 0.737. The molecule has 2 aliphatic rings. The normalized spacial score (nSPS) is 20.4. The Labute approximate surface area is 168 Å². The van der Waals surface area contributed by atoms with E-state index >= 15 is 0 Å². The highest BCUT2D eigenvalue weighted by molar-refractivity contribution is 5.91. The average Bonchev–Trinajstić information content (AvgIpc) is 3.28. The smallest absolute Gasteiger partial charge is 0.165 e. The fourth-order valence-electron chi connectivity index (χ4n) is 4.22. The molecule has 1 aromatic heterocycles. The van der Waals surface area contributed by atoms with Crippen molar-refractivity contribution in [3.8, 4) is 17.1 Å². The van der Waals surface area contributed by atoms with Crippen LogP contribution in [0, 0.1) is 5.82 Å². The van der Waals surface area contributed by atoms with Crippen LogP contribution in [0.15, 0.2) is 42.5 Å². The van der Waals surface area contributed by atoms with Crippen LogP contribution >= 0.6 is 0 Å². The van der Waals surface area contributed by atoms with Gasteiger partial charge in [-0.15, -0.1) is 0 Å². The lowest BCUT2D eigenvalue weighted by molar-refractivity contribution is 0.139. The summed E-state index contributed by atoms with van der Waals surface area (Å²) in [7, 11) is 0. The number of phenolic OH excluding ortho intramolecular Hbond substituents is 1. The van der Waals surface area contributed by atoms with Crippen LogP contribution in [0.4, 0.5) is 10.2 Å². The lowest BCUT2D eigenvalue weighted by atomic mass is 10.1. The summed E-state index contributed by atoms with van der Waals surface area (Å²) in [4.78, 5) is 14.0. The van der Waals surface area contributed by atoms with E-state index in [4.69, 9.17) is 9.72 Å². The average molecular weight is 394 g/mol. The van der Waals surface area contributed by atoms with Crippen molar-refractivity contribution in [2.24, 2.45) is 0 Å². The highest BCUT2D eigenvalue weighted by Crippen LogP contribution is 2.32. The van der Waals surface area contributed by atoms with Crippen LogP contribution in [0.25, 0.3) is 22.3 Å². The number of hydrogen-bond donors (Lipinski definition) is 1. The van der Waals surface area contributed by atoms with Gasteiger partial charge in [-0.1, -0.05) is 12.1 Å². The summed E-state index contributed by atoms with van der Waals surface area (Å²) in [5.41, 5.74) is 1.24. The van der Waals surface area contributed by atoms with Crippen LogP contribution in [0.1, 0.15) is 6.42 Å². The molecular formula is C22H23FN4O2. The highest BCUT2D eigenvalue weighted by Gasteiger charge is 2.28. The van der Waals surface area contributed by atoms with Gasteiger partial charge in [0.05, 0.1) is 17.7 Å². The van der Waals surface area contributed by atoms with Crippen molar-refractivity contribution in [1.29, 1.82) is 0 Å². The van der Waals surface area contributed by atoms with Gasteiger partial charge in [0.1, 0.15) is 17.4 Å². The maximum absolute atomic E-state index is 14.0. The number of ether oxygens (including phenoxy) is 1. The lowest BCUT2D eigenvalue weighted by Crippen LogP contribution is -2.50. The molecule has 5 rings (SSSR count). The van der Waals surface area contributed by atoms with Gasteiger partial charge in [0.2, 0.25) is 0 Å². The third kappa shape index (κ3) is 3.52. The summed E-state index contributed by atoms with van der Waals surface area (Å²) in [5, 5.41) is 11.0. The number of rotatable bonds is 3. The first-order valence-electron chi connectivity index (χ1n) is 10.0. The Morgan fingerprint density at radius 2 is 1.86 bits per heavy atom. The summed E-state index contributed by atoms with van der Waals surface area (Å²) in [6.07, 6.45) is 1.08. The summed E-state index contributed by atoms with van der Waals surface area (Å²) in [6.45, 7) is 5.09. The number of benzene rings is 2. The van der Waals surface area contributed by atoms with Gasteiger partial charge in [-0.3, -0.25) is 4.90 Å². The number of nitrogens with zero attached hydrogens (tertiary/aromatic N) is 4. The van der Waals surface area contributed by atoms with E-state index < -0.39 is 0 Å².